The number of rotatable bonds is 6. The third kappa shape index (κ3) is 3.14. The molecule has 1 aromatic heterocycles. The minimum Gasteiger partial charge on any atom is -0.310 e. The quantitative estimate of drug-likeness (QED) is 0.672. The van der Waals surface area contributed by atoms with Crippen molar-refractivity contribution >= 4 is 0 Å². The first-order valence-electron chi connectivity index (χ1n) is 4.95. The molecule has 0 aliphatic carbocycles. The lowest BCUT2D eigenvalue weighted by Gasteiger charge is -2.04. The van der Waals surface area contributed by atoms with Crippen molar-refractivity contribution in [1.82, 2.24) is 20.1 Å². The van der Waals surface area contributed by atoms with Gasteiger partial charge >= 0.3 is 0 Å². The van der Waals surface area contributed by atoms with Crippen molar-refractivity contribution in [3.8, 4) is 0 Å². The van der Waals surface area contributed by atoms with Crippen LogP contribution in [0.15, 0.2) is 6.33 Å². The minimum atomic E-state index is 0.827. The van der Waals surface area contributed by atoms with E-state index in [1.165, 1.54) is 12.8 Å². The van der Waals surface area contributed by atoms with E-state index in [1.807, 2.05) is 4.68 Å². The Morgan fingerprint density at radius 2 is 2.31 bits per heavy atom. The Morgan fingerprint density at radius 1 is 1.46 bits per heavy atom. The molecule has 0 radical (unpaired) electrons. The Kier molecular flexibility index (Phi) is 4.46. The number of nitrogens with zero attached hydrogens (tertiary/aromatic N) is 3. The molecule has 0 spiro atoms. The van der Waals surface area contributed by atoms with E-state index in [0.29, 0.717) is 0 Å². The van der Waals surface area contributed by atoms with E-state index in [4.69, 9.17) is 0 Å². The predicted molar refractivity (Wildman–Crippen MR) is 52.3 cm³/mol. The maximum Gasteiger partial charge on any atom is 0.140 e. The summed E-state index contributed by atoms with van der Waals surface area (Å²) in [6.07, 6.45) is 4.06. The number of nitrogens with one attached hydrogen (secondary N) is 1. The molecule has 1 aromatic rings. The molecule has 0 unspecified atom stereocenters. The molecule has 0 aliphatic rings. The van der Waals surface area contributed by atoms with E-state index in [-0.39, 0.29) is 0 Å². The average Bonchev–Trinajstić information content (AvgIpc) is 2.60. The van der Waals surface area contributed by atoms with Crippen molar-refractivity contribution < 1.29 is 0 Å². The highest BCUT2D eigenvalue weighted by atomic mass is 15.3. The van der Waals surface area contributed by atoms with Gasteiger partial charge in [-0.3, -0.25) is 0 Å². The van der Waals surface area contributed by atoms with Crippen molar-refractivity contribution in [3.05, 3.63) is 12.2 Å². The van der Waals surface area contributed by atoms with Crippen LogP contribution in [-0.2, 0) is 13.1 Å². The van der Waals surface area contributed by atoms with Crippen LogP contribution in [0.4, 0.5) is 0 Å². The third-order valence-corrected chi connectivity index (χ3v) is 1.99. The first-order valence-corrected chi connectivity index (χ1v) is 4.95. The van der Waals surface area contributed by atoms with E-state index in [1.54, 1.807) is 6.33 Å². The number of hydrogen-bond acceptors (Lipinski definition) is 3. The van der Waals surface area contributed by atoms with Crippen LogP contribution >= 0.6 is 0 Å². The molecule has 4 heteroatoms. The lowest BCUT2D eigenvalue weighted by Crippen LogP contribution is -2.18. The highest BCUT2D eigenvalue weighted by Gasteiger charge is 2.00. The topological polar surface area (TPSA) is 42.7 Å². The van der Waals surface area contributed by atoms with Crippen LogP contribution in [0.2, 0.25) is 0 Å². The number of aryl methyl sites for hydroxylation is 1. The molecule has 13 heavy (non-hydrogen) atoms. The highest BCUT2D eigenvalue weighted by Crippen LogP contribution is 1.93. The summed E-state index contributed by atoms with van der Waals surface area (Å²) >= 11 is 0. The summed E-state index contributed by atoms with van der Waals surface area (Å²) in [7, 11) is 0. The summed E-state index contributed by atoms with van der Waals surface area (Å²) in [6, 6.07) is 0. The summed E-state index contributed by atoms with van der Waals surface area (Å²) in [6.45, 7) is 7.05. The predicted octanol–water partition coefficient (Wildman–Crippen LogP) is 1.19. The van der Waals surface area contributed by atoms with E-state index in [2.05, 4.69) is 29.2 Å². The maximum absolute atomic E-state index is 4.17. The van der Waals surface area contributed by atoms with Gasteiger partial charge < -0.3 is 5.32 Å². The summed E-state index contributed by atoms with van der Waals surface area (Å²) in [4.78, 5) is 4.17. The van der Waals surface area contributed by atoms with Crippen molar-refractivity contribution in [2.45, 2.75) is 39.8 Å². The number of unbranched alkanes of at least 4 members (excludes halogenated alkanes) is 1. The van der Waals surface area contributed by atoms with Crippen LogP contribution in [0.25, 0.3) is 0 Å². The average molecular weight is 182 g/mol. The van der Waals surface area contributed by atoms with Crippen molar-refractivity contribution in [2.24, 2.45) is 0 Å². The van der Waals surface area contributed by atoms with Gasteiger partial charge in [0.15, 0.2) is 0 Å². The van der Waals surface area contributed by atoms with E-state index in [0.717, 1.165) is 25.5 Å². The fourth-order valence-corrected chi connectivity index (χ4v) is 1.19. The molecule has 0 aromatic carbocycles. The fourth-order valence-electron chi connectivity index (χ4n) is 1.19. The summed E-state index contributed by atoms with van der Waals surface area (Å²) < 4.78 is 1.92. The van der Waals surface area contributed by atoms with Gasteiger partial charge in [-0.05, 0) is 19.9 Å². The summed E-state index contributed by atoms with van der Waals surface area (Å²) in [5, 5.41) is 7.44. The van der Waals surface area contributed by atoms with Crippen molar-refractivity contribution in [2.75, 3.05) is 6.54 Å². The largest absolute Gasteiger partial charge is 0.310 e. The molecule has 74 valence electrons. The molecule has 1 rings (SSSR count). The van der Waals surface area contributed by atoms with Gasteiger partial charge in [-0.15, -0.1) is 0 Å². The monoisotopic (exact) mass is 182 g/mol. The van der Waals surface area contributed by atoms with Gasteiger partial charge in [-0.1, -0.05) is 13.3 Å². The summed E-state index contributed by atoms with van der Waals surface area (Å²) in [5.74, 6) is 1.03. The molecule has 0 bridgehead atoms. The Hall–Kier alpha value is -0.900. The molecule has 0 amide bonds. The first-order chi connectivity index (χ1) is 6.38. The normalized spacial score (nSPS) is 10.6. The van der Waals surface area contributed by atoms with Crippen molar-refractivity contribution in [1.29, 1.82) is 0 Å². The maximum atomic E-state index is 4.17. The lowest BCUT2D eigenvalue weighted by atomic mass is 10.3. The molecule has 4 nitrogen and oxygen atoms in total. The zero-order valence-corrected chi connectivity index (χ0v) is 8.45. The molecule has 0 saturated heterocycles. The SMILES string of the molecule is CCCCNCc1ncnn1CC. The molecular formula is C9H18N4. The Labute approximate surface area is 79.4 Å². The second-order valence-electron chi connectivity index (χ2n) is 3.02. The minimum absolute atomic E-state index is 0.827. The van der Waals surface area contributed by atoms with Crippen LogP contribution < -0.4 is 5.32 Å². The first kappa shape index (κ1) is 10.2. The Bertz CT molecular complexity index is 231. The van der Waals surface area contributed by atoms with Crippen LogP contribution in [0, 0.1) is 0 Å². The zero-order chi connectivity index (χ0) is 9.52. The van der Waals surface area contributed by atoms with Crippen LogP contribution in [0.1, 0.15) is 32.5 Å². The van der Waals surface area contributed by atoms with Crippen LogP contribution in [0.5, 0.6) is 0 Å². The van der Waals surface area contributed by atoms with Gasteiger partial charge in [-0.25, -0.2) is 9.67 Å². The van der Waals surface area contributed by atoms with Gasteiger partial charge in [0.2, 0.25) is 0 Å². The smallest absolute Gasteiger partial charge is 0.140 e. The fraction of sp³-hybridized carbons (Fsp3) is 0.778. The van der Waals surface area contributed by atoms with Gasteiger partial charge in [0.25, 0.3) is 0 Å². The molecule has 0 fully saturated rings. The van der Waals surface area contributed by atoms with E-state index >= 15 is 0 Å². The lowest BCUT2D eigenvalue weighted by molar-refractivity contribution is 0.562. The molecular weight excluding hydrogens is 164 g/mol. The second-order valence-corrected chi connectivity index (χ2v) is 3.02. The van der Waals surface area contributed by atoms with Crippen LogP contribution in [-0.4, -0.2) is 21.3 Å². The van der Waals surface area contributed by atoms with Crippen LogP contribution in [0.3, 0.4) is 0 Å². The van der Waals surface area contributed by atoms with Gasteiger partial charge in [0, 0.05) is 6.54 Å². The van der Waals surface area contributed by atoms with Gasteiger partial charge in [0.05, 0.1) is 6.54 Å². The second kappa shape index (κ2) is 5.70. The molecule has 1 N–H and O–H groups in total. The molecule has 0 saturated carbocycles. The summed E-state index contributed by atoms with van der Waals surface area (Å²) in [5.41, 5.74) is 0. The van der Waals surface area contributed by atoms with Crippen molar-refractivity contribution in [3.63, 3.8) is 0 Å². The van der Waals surface area contributed by atoms with E-state index in [9.17, 15) is 0 Å². The Morgan fingerprint density at radius 3 is 3.00 bits per heavy atom. The van der Waals surface area contributed by atoms with Gasteiger partial charge in [0.1, 0.15) is 12.2 Å². The Balaban J connectivity index is 2.27. The van der Waals surface area contributed by atoms with E-state index < -0.39 is 0 Å². The zero-order valence-electron chi connectivity index (χ0n) is 8.45. The van der Waals surface area contributed by atoms with Gasteiger partial charge in [-0.2, -0.15) is 5.10 Å². The molecule has 0 aliphatic heterocycles. The molecule has 0 atom stereocenters. The standard InChI is InChI=1S/C9H18N4/c1-3-5-6-10-7-9-11-8-12-13(9)4-2/h8,10H,3-7H2,1-2H3. The number of aromatic nitrogens is 3. The molecule has 1 heterocycles. The highest BCUT2D eigenvalue weighted by molar-refractivity contribution is 4.82. The number of hydrogen-bond donors (Lipinski definition) is 1. The third-order valence-electron chi connectivity index (χ3n) is 1.99.